The van der Waals surface area contributed by atoms with Crippen LogP contribution in [0.1, 0.15) is 12.8 Å². The van der Waals surface area contributed by atoms with E-state index in [0.717, 1.165) is 12.2 Å². The molecular formula is C6H13N3OS. The zero-order chi connectivity index (χ0) is 8.69. The van der Waals surface area contributed by atoms with Gasteiger partial charge in [0.15, 0.2) is 5.17 Å². The predicted molar refractivity (Wildman–Crippen MR) is 47.7 cm³/mol. The number of rotatable bonds is 4. The number of hydrogen-bond acceptors (Lipinski definition) is 3. The second kappa shape index (κ2) is 6.03. The highest BCUT2D eigenvalue weighted by Gasteiger charge is 1.97. The van der Waals surface area contributed by atoms with Crippen LogP contribution in [0.2, 0.25) is 0 Å². The maximum absolute atomic E-state index is 10.7. The second-order valence-electron chi connectivity index (χ2n) is 1.99. The van der Waals surface area contributed by atoms with Crippen LogP contribution in [0.15, 0.2) is 0 Å². The van der Waals surface area contributed by atoms with E-state index in [1.807, 2.05) is 0 Å². The van der Waals surface area contributed by atoms with Gasteiger partial charge in [-0.15, -0.1) is 0 Å². The van der Waals surface area contributed by atoms with E-state index in [2.05, 4.69) is 5.32 Å². The highest BCUT2D eigenvalue weighted by atomic mass is 32.2. The average Bonchev–Trinajstić information content (AvgIpc) is 1.97. The van der Waals surface area contributed by atoms with E-state index >= 15 is 0 Å². The lowest BCUT2D eigenvalue weighted by molar-refractivity contribution is -0.120. The lowest BCUT2D eigenvalue weighted by Gasteiger charge is -1.98. The zero-order valence-electron chi connectivity index (χ0n) is 6.52. The quantitative estimate of drug-likeness (QED) is 0.323. The van der Waals surface area contributed by atoms with Crippen LogP contribution in [0.4, 0.5) is 0 Å². The van der Waals surface area contributed by atoms with Gasteiger partial charge in [-0.2, -0.15) is 0 Å². The third-order valence-electron chi connectivity index (χ3n) is 1.08. The summed E-state index contributed by atoms with van der Waals surface area (Å²) in [7, 11) is 1.61. The fraction of sp³-hybridized carbons (Fsp3) is 0.667. The zero-order valence-corrected chi connectivity index (χ0v) is 7.33. The molecule has 0 atom stereocenters. The van der Waals surface area contributed by atoms with E-state index in [1.54, 1.807) is 7.05 Å². The molecule has 4 N–H and O–H groups in total. The van der Waals surface area contributed by atoms with Gasteiger partial charge in [0.2, 0.25) is 5.91 Å². The van der Waals surface area contributed by atoms with E-state index < -0.39 is 0 Å². The third kappa shape index (κ3) is 7.18. The van der Waals surface area contributed by atoms with Crippen LogP contribution in [-0.4, -0.2) is 23.9 Å². The Morgan fingerprint density at radius 1 is 1.73 bits per heavy atom. The Hall–Kier alpha value is -0.710. The summed E-state index contributed by atoms with van der Waals surface area (Å²) in [6, 6.07) is 0. The molecule has 0 bridgehead atoms. The largest absolute Gasteiger partial charge is 0.379 e. The normalized spacial score (nSPS) is 9.18. The van der Waals surface area contributed by atoms with Crippen molar-refractivity contribution in [2.45, 2.75) is 12.8 Å². The van der Waals surface area contributed by atoms with Crippen LogP contribution in [-0.2, 0) is 4.79 Å². The van der Waals surface area contributed by atoms with Crippen molar-refractivity contribution in [3.63, 3.8) is 0 Å². The molecule has 0 aromatic heterocycles. The van der Waals surface area contributed by atoms with E-state index in [-0.39, 0.29) is 11.1 Å². The Bertz CT molecular complexity index is 149. The van der Waals surface area contributed by atoms with Crippen molar-refractivity contribution < 1.29 is 4.79 Å². The highest BCUT2D eigenvalue weighted by Crippen LogP contribution is 2.02. The van der Waals surface area contributed by atoms with Crippen LogP contribution in [0.5, 0.6) is 0 Å². The number of nitrogens with one attached hydrogen (secondary N) is 2. The Kier molecular flexibility index (Phi) is 5.64. The summed E-state index contributed by atoms with van der Waals surface area (Å²) < 4.78 is 0. The molecule has 4 nitrogen and oxygen atoms in total. The van der Waals surface area contributed by atoms with Crippen molar-refractivity contribution in [3.05, 3.63) is 0 Å². The SMILES string of the molecule is CNC(=O)CCCSC(=N)N. The van der Waals surface area contributed by atoms with Gasteiger partial charge in [0.25, 0.3) is 0 Å². The molecule has 64 valence electrons. The van der Waals surface area contributed by atoms with Crippen LogP contribution in [0.25, 0.3) is 0 Å². The van der Waals surface area contributed by atoms with E-state index in [9.17, 15) is 4.79 Å². The molecule has 0 aromatic rings. The molecule has 0 rings (SSSR count). The molecule has 5 heteroatoms. The van der Waals surface area contributed by atoms with Gasteiger partial charge < -0.3 is 11.1 Å². The number of amidine groups is 1. The van der Waals surface area contributed by atoms with Gasteiger partial charge in [-0.05, 0) is 6.42 Å². The highest BCUT2D eigenvalue weighted by molar-refractivity contribution is 8.13. The van der Waals surface area contributed by atoms with Gasteiger partial charge in [-0.1, -0.05) is 11.8 Å². The molecule has 0 spiro atoms. The molecule has 0 aliphatic rings. The summed E-state index contributed by atoms with van der Waals surface area (Å²) in [5.74, 6) is 0.775. The summed E-state index contributed by atoms with van der Waals surface area (Å²) in [5, 5.41) is 9.50. The number of hydrogen-bond donors (Lipinski definition) is 3. The lowest BCUT2D eigenvalue weighted by atomic mass is 10.3. The summed E-state index contributed by atoms with van der Waals surface area (Å²) in [6.07, 6.45) is 1.28. The number of thioether (sulfide) groups is 1. The molecule has 0 fully saturated rings. The van der Waals surface area contributed by atoms with Crippen molar-refractivity contribution in [3.8, 4) is 0 Å². The Morgan fingerprint density at radius 3 is 2.82 bits per heavy atom. The monoisotopic (exact) mass is 175 g/mol. The Balaban J connectivity index is 3.14. The first-order valence-electron chi connectivity index (χ1n) is 3.34. The van der Waals surface area contributed by atoms with E-state index in [4.69, 9.17) is 11.1 Å². The first-order chi connectivity index (χ1) is 5.16. The van der Waals surface area contributed by atoms with E-state index in [0.29, 0.717) is 6.42 Å². The maximum atomic E-state index is 10.7. The third-order valence-corrected chi connectivity index (χ3v) is 1.89. The molecule has 0 heterocycles. The summed E-state index contributed by atoms with van der Waals surface area (Å²) >= 11 is 1.26. The summed E-state index contributed by atoms with van der Waals surface area (Å²) in [4.78, 5) is 10.7. The van der Waals surface area contributed by atoms with Gasteiger partial charge in [-0.25, -0.2) is 0 Å². The topological polar surface area (TPSA) is 79.0 Å². The minimum Gasteiger partial charge on any atom is -0.379 e. The maximum Gasteiger partial charge on any atom is 0.219 e. The van der Waals surface area contributed by atoms with Crippen LogP contribution >= 0.6 is 11.8 Å². The molecule has 0 unspecified atom stereocenters. The molecule has 0 saturated carbocycles. The number of amides is 1. The van der Waals surface area contributed by atoms with Gasteiger partial charge >= 0.3 is 0 Å². The fourth-order valence-electron chi connectivity index (χ4n) is 0.540. The molecule has 0 aromatic carbocycles. The minimum absolute atomic E-state index is 0.0363. The molecule has 0 radical (unpaired) electrons. The fourth-order valence-corrected chi connectivity index (χ4v) is 1.05. The smallest absolute Gasteiger partial charge is 0.219 e. The van der Waals surface area contributed by atoms with Gasteiger partial charge in [0, 0.05) is 19.2 Å². The van der Waals surface area contributed by atoms with Crippen LogP contribution < -0.4 is 11.1 Å². The Labute approximate surface area is 70.4 Å². The first-order valence-corrected chi connectivity index (χ1v) is 4.32. The standard InChI is InChI=1S/C6H13N3OS/c1-9-5(10)3-2-4-11-6(7)8/h2-4H2,1H3,(H3,7,8)(H,9,10). The van der Waals surface area contributed by atoms with E-state index in [1.165, 1.54) is 11.8 Å². The second-order valence-corrected chi connectivity index (χ2v) is 3.13. The van der Waals surface area contributed by atoms with Crippen LogP contribution in [0, 0.1) is 5.41 Å². The predicted octanol–water partition coefficient (Wildman–Crippen LogP) is 0.139. The molecule has 0 aliphatic heterocycles. The summed E-state index contributed by atoms with van der Waals surface area (Å²) in [6.45, 7) is 0. The summed E-state index contributed by atoms with van der Waals surface area (Å²) in [5.41, 5.74) is 5.09. The van der Waals surface area contributed by atoms with Gasteiger partial charge in [-0.3, -0.25) is 10.2 Å². The van der Waals surface area contributed by atoms with Crippen molar-refractivity contribution in [2.24, 2.45) is 5.73 Å². The van der Waals surface area contributed by atoms with Crippen molar-refractivity contribution >= 4 is 22.8 Å². The average molecular weight is 175 g/mol. The van der Waals surface area contributed by atoms with Gasteiger partial charge in [0.1, 0.15) is 0 Å². The lowest BCUT2D eigenvalue weighted by Crippen LogP contribution is -2.17. The van der Waals surface area contributed by atoms with Crippen molar-refractivity contribution in [2.75, 3.05) is 12.8 Å². The molecular weight excluding hydrogens is 162 g/mol. The molecule has 0 saturated heterocycles. The molecule has 1 amide bonds. The minimum atomic E-state index is 0.0363. The molecule has 0 aliphatic carbocycles. The van der Waals surface area contributed by atoms with Crippen LogP contribution in [0.3, 0.4) is 0 Å². The number of carbonyl (C=O) groups excluding carboxylic acids is 1. The first kappa shape index (κ1) is 10.3. The number of carbonyl (C=O) groups is 1. The van der Waals surface area contributed by atoms with Gasteiger partial charge in [0.05, 0.1) is 0 Å². The number of nitrogens with two attached hydrogens (primary N) is 1. The van der Waals surface area contributed by atoms with Crippen molar-refractivity contribution in [1.29, 1.82) is 5.41 Å². The Morgan fingerprint density at radius 2 is 2.36 bits per heavy atom. The molecule has 11 heavy (non-hydrogen) atoms. The van der Waals surface area contributed by atoms with Crippen molar-refractivity contribution in [1.82, 2.24) is 5.32 Å².